The summed E-state index contributed by atoms with van der Waals surface area (Å²) in [6.07, 6.45) is 6.43. The molecule has 0 aromatic rings. The van der Waals surface area contributed by atoms with Crippen molar-refractivity contribution in [3.63, 3.8) is 0 Å². The van der Waals surface area contributed by atoms with Gasteiger partial charge in [0.15, 0.2) is 0 Å². The number of hydrogen-bond donors (Lipinski definition) is 0. The van der Waals surface area contributed by atoms with Crippen LogP contribution in [0.4, 0.5) is 0 Å². The molecule has 3 nitrogen and oxygen atoms in total. The van der Waals surface area contributed by atoms with Gasteiger partial charge in [-0.15, -0.1) is 5.06 Å². The maximum Gasteiger partial charge on any atom is 0.237 e. The Morgan fingerprint density at radius 3 is 2.93 bits per heavy atom. The SMILES string of the molecule is CC1CC=CC(ON(C)C)=NC=C1Cl. The normalized spacial score (nSPS) is 22.5. The quantitative estimate of drug-likeness (QED) is 0.627. The van der Waals surface area contributed by atoms with Gasteiger partial charge < -0.3 is 4.84 Å². The first-order chi connectivity index (χ1) is 6.59. The molecular formula is C10H15ClN2O. The number of rotatable bonds is 1. The molecular weight excluding hydrogens is 200 g/mol. The zero-order chi connectivity index (χ0) is 10.6. The van der Waals surface area contributed by atoms with Crippen LogP contribution < -0.4 is 0 Å². The smallest absolute Gasteiger partial charge is 0.237 e. The van der Waals surface area contributed by atoms with E-state index in [1.54, 1.807) is 11.3 Å². The molecule has 1 aliphatic rings. The highest BCUT2D eigenvalue weighted by molar-refractivity contribution is 6.29. The third kappa shape index (κ3) is 3.52. The summed E-state index contributed by atoms with van der Waals surface area (Å²) in [4.78, 5) is 9.43. The zero-order valence-corrected chi connectivity index (χ0v) is 9.45. The predicted octanol–water partition coefficient (Wildman–Crippen LogP) is 2.55. The van der Waals surface area contributed by atoms with Crippen molar-refractivity contribution in [3.8, 4) is 0 Å². The van der Waals surface area contributed by atoms with E-state index in [9.17, 15) is 0 Å². The highest BCUT2D eigenvalue weighted by atomic mass is 35.5. The van der Waals surface area contributed by atoms with E-state index < -0.39 is 0 Å². The molecule has 1 atom stereocenters. The van der Waals surface area contributed by atoms with Gasteiger partial charge in [0.25, 0.3) is 0 Å². The molecule has 14 heavy (non-hydrogen) atoms. The Balaban J connectivity index is 2.76. The Kier molecular flexibility index (Phi) is 4.17. The second-order valence-corrected chi connectivity index (χ2v) is 3.86. The molecule has 0 radical (unpaired) electrons. The Labute approximate surface area is 89.7 Å². The molecule has 0 N–H and O–H groups in total. The first-order valence-electron chi connectivity index (χ1n) is 4.55. The van der Waals surface area contributed by atoms with Gasteiger partial charge >= 0.3 is 0 Å². The van der Waals surface area contributed by atoms with Crippen molar-refractivity contribution >= 4 is 17.5 Å². The monoisotopic (exact) mass is 214 g/mol. The number of halogens is 1. The van der Waals surface area contributed by atoms with Gasteiger partial charge in [-0.1, -0.05) is 24.6 Å². The molecule has 4 heteroatoms. The predicted molar refractivity (Wildman–Crippen MR) is 59.1 cm³/mol. The topological polar surface area (TPSA) is 24.8 Å². The third-order valence-electron chi connectivity index (χ3n) is 1.81. The van der Waals surface area contributed by atoms with E-state index >= 15 is 0 Å². The molecule has 0 bridgehead atoms. The van der Waals surface area contributed by atoms with Crippen LogP contribution in [0.3, 0.4) is 0 Å². The lowest BCUT2D eigenvalue weighted by molar-refractivity contribution is -0.0173. The van der Waals surface area contributed by atoms with Crippen LogP contribution in [0, 0.1) is 5.92 Å². The van der Waals surface area contributed by atoms with Crippen molar-refractivity contribution in [2.45, 2.75) is 13.3 Å². The fourth-order valence-corrected chi connectivity index (χ4v) is 1.16. The van der Waals surface area contributed by atoms with Crippen LogP contribution in [0.15, 0.2) is 28.4 Å². The fraction of sp³-hybridized carbons (Fsp3) is 0.500. The van der Waals surface area contributed by atoms with Gasteiger partial charge in [-0.2, -0.15) is 0 Å². The van der Waals surface area contributed by atoms with Crippen LogP contribution in [0.1, 0.15) is 13.3 Å². The molecule has 0 amide bonds. The second-order valence-electron chi connectivity index (χ2n) is 3.42. The second kappa shape index (κ2) is 5.17. The van der Waals surface area contributed by atoms with Gasteiger partial charge in [0.05, 0.1) is 0 Å². The van der Waals surface area contributed by atoms with Gasteiger partial charge in [0, 0.05) is 25.3 Å². The average molecular weight is 215 g/mol. The van der Waals surface area contributed by atoms with Crippen LogP contribution in [0.25, 0.3) is 0 Å². The minimum absolute atomic E-state index is 0.331. The summed E-state index contributed by atoms with van der Waals surface area (Å²) in [6, 6.07) is 0. The molecule has 0 spiro atoms. The molecule has 0 saturated carbocycles. The maximum atomic E-state index is 6.00. The Morgan fingerprint density at radius 2 is 2.29 bits per heavy atom. The summed E-state index contributed by atoms with van der Waals surface area (Å²) in [5.74, 6) is 0.887. The molecule has 1 rings (SSSR count). The Morgan fingerprint density at radius 1 is 1.57 bits per heavy atom. The van der Waals surface area contributed by atoms with Crippen molar-refractivity contribution in [2.75, 3.05) is 14.1 Å². The molecule has 1 aliphatic heterocycles. The van der Waals surface area contributed by atoms with Crippen molar-refractivity contribution < 1.29 is 4.84 Å². The van der Waals surface area contributed by atoms with Crippen molar-refractivity contribution in [1.82, 2.24) is 5.06 Å². The Hall–Kier alpha value is -0.800. The molecule has 0 aromatic heterocycles. The molecule has 0 saturated heterocycles. The first-order valence-corrected chi connectivity index (χ1v) is 4.92. The number of hydroxylamine groups is 2. The van der Waals surface area contributed by atoms with E-state index in [1.165, 1.54) is 0 Å². The molecule has 0 fully saturated rings. The third-order valence-corrected chi connectivity index (χ3v) is 2.28. The van der Waals surface area contributed by atoms with E-state index in [-0.39, 0.29) is 0 Å². The van der Waals surface area contributed by atoms with Gasteiger partial charge in [-0.3, -0.25) is 0 Å². The largest absolute Gasteiger partial charge is 0.386 e. The van der Waals surface area contributed by atoms with Crippen molar-refractivity contribution in [2.24, 2.45) is 10.9 Å². The van der Waals surface area contributed by atoms with Crippen molar-refractivity contribution in [3.05, 3.63) is 23.4 Å². The first kappa shape index (κ1) is 11.3. The van der Waals surface area contributed by atoms with E-state index in [0.717, 1.165) is 11.5 Å². The Bertz CT molecular complexity index is 282. The van der Waals surface area contributed by atoms with Crippen LogP contribution in [0.5, 0.6) is 0 Å². The molecule has 1 heterocycles. The van der Waals surface area contributed by atoms with Gasteiger partial charge in [-0.25, -0.2) is 4.99 Å². The fourth-order valence-electron chi connectivity index (χ4n) is 1.02. The van der Waals surface area contributed by atoms with E-state index in [0.29, 0.717) is 11.8 Å². The average Bonchev–Trinajstić information content (AvgIpc) is 2.10. The highest BCUT2D eigenvalue weighted by Gasteiger charge is 2.07. The minimum atomic E-state index is 0.331. The summed E-state index contributed by atoms with van der Waals surface area (Å²) in [5, 5.41) is 2.35. The number of allylic oxidation sites excluding steroid dienone is 2. The maximum absolute atomic E-state index is 6.00. The molecule has 1 unspecified atom stereocenters. The molecule has 0 aromatic carbocycles. The number of aliphatic imine (C=N–C) groups is 1. The lowest BCUT2D eigenvalue weighted by Crippen LogP contribution is -2.17. The summed E-state index contributed by atoms with van der Waals surface area (Å²) in [6.45, 7) is 2.07. The van der Waals surface area contributed by atoms with Gasteiger partial charge in [0.1, 0.15) is 0 Å². The van der Waals surface area contributed by atoms with E-state index in [2.05, 4.69) is 11.9 Å². The summed E-state index contributed by atoms with van der Waals surface area (Å²) in [5.41, 5.74) is 0. The number of hydrogen-bond acceptors (Lipinski definition) is 3. The summed E-state index contributed by atoms with van der Waals surface area (Å²) < 4.78 is 0. The van der Waals surface area contributed by atoms with Crippen LogP contribution in [-0.2, 0) is 4.84 Å². The standard InChI is InChI=1S/C10H15ClN2O/c1-8-5-4-6-10(14-13(2)3)12-7-9(8)11/h4,6-8H,5H2,1-3H3. The van der Waals surface area contributed by atoms with E-state index in [4.69, 9.17) is 16.4 Å². The van der Waals surface area contributed by atoms with Gasteiger partial charge in [-0.05, 0) is 18.4 Å². The van der Waals surface area contributed by atoms with Crippen molar-refractivity contribution in [1.29, 1.82) is 0 Å². The zero-order valence-electron chi connectivity index (χ0n) is 8.70. The van der Waals surface area contributed by atoms with Crippen LogP contribution in [-0.4, -0.2) is 25.1 Å². The summed E-state index contributed by atoms with van der Waals surface area (Å²) >= 11 is 6.00. The van der Waals surface area contributed by atoms with E-state index in [1.807, 2.05) is 26.2 Å². The lowest BCUT2D eigenvalue weighted by Gasteiger charge is -2.13. The van der Waals surface area contributed by atoms with Crippen LogP contribution in [0.2, 0.25) is 0 Å². The van der Waals surface area contributed by atoms with Crippen LogP contribution >= 0.6 is 11.6 Å². The molecule has 0 aliphatic carbocycles. The molecule has 78 valence electrons. The summed E-state index contributed by atoms with van der Waals surface area (Å²) in [7, 11) is 3.62. The minimum Gasteiger partial charge on any atom is -0.386 e. The highest BCUT2D eigenvalue weighted by Crippen LogP contribution is 2.20. The van der Waals surface area contributed by atoms with Gasteiger partial charge in [0.2, 0.25) is 5.90 Å². The number of nitrogens with zero attached hydrogens (tertiary/aromatic N) is 2. The lowest BCUT2D eigenvalue weighted by atomic mass is 10.1.